The number of hydrogen-bond acceptors (Lipinski definition) is 4. The Bertz CT molecular complexity index is 553. The summed E-state index contributed by atoms with van der Waals surface area (Å²) in [7, 11) is 1.51. The number of rotatable bonds is 3. The van der Waals surface area contributed by atoms with Gasteiger partial charge in [-0.05, 0) is 18.2 Å². The van der Waals surface area contributed by atoms with Crippen molar-refractivity contribution in [1.82, 2.24) is 4.98 Å². The zero-order valence-electron chi connectivity index (χ0n) is 9.36. The van der Waals surface area contributed by atoms with Crippen LogP contribution in [0.2, 0.25) is 0 Å². The first-order chi connectivity index (χ1) is 8.40. The van der Waals surface area contributed by atoms with Crippen LogP contribution in [0.4, 0.5) is 13.2 Å². The van der Waals surface area contributed by atoms with Crippen LogP contribution in [-0.4, -0.2) is 29.5 Å². The molecule has 2 aromatic rings. The van der Waals surface area contributed by atoms with E-state index in [1.54, 1.807) is 18.2 Å². The number of benzene rings is 1. The van der Waals surface area contributed by atoms with E-state index in [-0.39, 0.29) is 5.01 Å². The molecule has 0 saturated heterocycles. The molecule has 0 amide bonds. The van der Waals surface area contributed by atoms with E-state index in [4.69, 9.17) is 9.84 Å². The van der Waals surface area contributed by atoms with Gasteiger partial charge in [-0.3, -0.25) is 0 Å². The molecule has 18 heavy (non-hydrogen) atoms. The zero-order chi connectivity index (χ0) is 13.3. The Morgan fingerprint density at radius 2 is 2.17 bits per heavy atom. The van der Waals surface area contributed by atoms with E-state index in [1.807, 2.05) is 0 Å². The van der Waals surface area contributed by atoms with Gasteiger partial charge in [0.15, 0.2) is 6.10 Å². The number of hydrogen-bond donors (Lipinski definition) is 1. The third-order valence-electron chi connectivity index (χ3n) is 2.39. The van der Waals surface area contributed by atoms with Crippen molar-refractivity contribution in [3.63, 3.8) is 0 Å². The van der Waals surface area contributed by atoms with Gasteiger partial charge >= 0.3 is 6.18 Å². The Morgan fingerprint density at radius 1 is 1.44 bits per heavy atom. The van der Waals surface area contributed by atoms with Crippen molar-refractivity contribution in [2.45, 2.75) is 18.7 Å². The quantitative estimate of drug-likeness (QED) is 0.938. The first-order valence-corrected chi connectivity index (χ1v) is 5.90. The molecule has 0 radical (unpaired) electrons. The third kappa shape index (κ3) is 2.73. The number of thiazole rings is 1. The standard InChI is InChI=1S/C11H10F3NO2S/c1-17-6-2-3-7-8(4-6)18-10(15-7)5-9(16)11(12,13)14/h2-4,9,16H,5H2,1H3. The van der Waals surface area contributed by atoms with Gasteiger partial charge in [-0.25, -0.2) is 4.98 Å². The molecule has 0 saturated carbocycles. The average molecular weight is 277 g/mol. The number of alkyl halides is 3. The summed E-state index contributed by atoms with van der Waals surface area (Å²) in [5.74, 6) is 0.620. The number of halogens is 3. The summed E-state index contributed by atoms with van der Waals surface area (Å²) in [5.41, 5.74) is 0.602. The number of ether oxygens (including phenoxy) is 1. The van der Waals surface area contributed by atoms with Crippen molar-refractivity contribution < 1.29 is 23.0 Å². The Hall–Kier alpha value is -1.34. The normalized spacial score (nSPS) is 13.8. The molecule has 0 fully saturated rings. The monoisotopic (exact) mass is 277 g/mol. The molecule has 1 atom stereocenters. The largest absolute Gasteiger partial charge is 0.497 e. The minimum absolute atomic E-state index is 0.253. The number of aliphatic hydroxyl groups excluding tert-OH is 1. The summed E-state index contributed by atoms with van der Waals surface area (Å²) in [5, 5.41) is 9.23. The van der Waals surface area contributed by atoms with Crippen molar-refractivity contribution in [3.8, 4) is 5.75 Å². The first kappa shape index (κ1) is 13.1. The fourth-order valence-corrected chi connectivity index (χ4v) is 2.48. The fraction of sp³-hybridized carbons (Fsp3) is 0.364. The highest BCUT2D eigenvalue weighted by Gasteiger charge is 2.38. The van der Waals surface area contributed by atoms with Gasteiger partial charge in [0, 0.05) is 6.42 Å². The maximum absolute atomic E-state index is 12.2. The molecule has 2 rings (SSSR count). The Morgan fingerprint density at radius 3 is 2.78 bits per heavy atom. The lowest BCUT2D eigenvalue weighted by molar-refractivity contribution is -0.203. The highest BCUT2D eigenvalue weighted by atomic mass is 32.1. The van der Waals surface area contributed by atoms with Gasteiger partial charge in [0.2, 0.25) is 0 Å². The van der Waals surface area contributed by atoms with E-state index in [0.717, 1.165) is 16.0 Å². The summed E-state index contributed by atoms with van der Waals surface area (Å²) in [6.07, 6.45) is -7.51. The van der Waals surface area contributed by atoms with E-state index in [1.165, 1.54) is 7.11 Å². The second kappa shape index (κ2) is 4.74. The lowest BCUT2D eigenvalue weighted by Gasteiger charge is -2.12. The van der Waals surface area contributed by atoms with Crippen LogP contribution in [0, 0.1) is 0 Å². The Kier molecular flexibility index (Phi) is 3.45. The molecular formula is C11H10F3NO2S. The predicted molar refractivity (Wildman–Crippen MR) is 61.9 cm³/mol. The summed E-state index contributed by atoms with van der Waals surface area (Å²) >= 11 is 1.12. The summed E-state index contributed by atoms with van der Waals surface area (Å²) < 4.78 is 42.4. The maximum Gasteiger partial charge on any atom is 0.414 e. The number of fused-ring (bicyclic) bond motifs is 1. The van der Waals surface area contributed by atoms with Crippen LogP contribution in [0.3, 0.4) is 0 Å². The van der Waals surface area contributed by atoms with E-state index >= 15 is 0 Å². The van der Waals surface area contributed by atoms with E-state index in [2.05, 4.69) is 4.98 Å². The van der Waals surface area contributed by atoms with Crippen molar-refractivity contribution in [2.24, 2.45) is 0 Å². The number of aromatic nitrogens is 1. The van der Waals surface area contributed by atoms with Crippen LogP contribution in [0.25, 0.3) is 10.2 Å². The van der Waals surface area contributed by atoms with Gasteiger partial charge in [0.25, 0.3) is 0 Å². The number of aliphatic hydroxyl groups is 1. The smallest absolute Gasteiger partial charge is 0.414 e. The fourth-order valence-electron chi connectivity index (χ4n) is 1.45. The predicted octanol–water partition coefficient (Wildman–Crippen LogP) is 2.77. The van der Waals surface area contributed by atoms with E-state index < -0.39 is 18.7 Å². The van der Waals surface area contributed by atoms with Crippen LogP contribution >= 0.6 is 11.3 Å². The molecule has 1 N–H and O–H groups in total. The van der Waals surface area contributed by atoms with Crippen molar-refractivity contribution in [1.29, 1.82) is 0 Å². The second-order valence-corrected chi connectivity index (χ2v) is 4.82. The molecule has 1 unspecified atom stereocenters. The van der Waals surface area contributed by atoms with Crippen LogP contribution in [0.1, 0.15) is 5.01 Å². The number of nitrogens with zero attached hydrogens (tertiary/aromatic N) is 1. The lowest BCUT2D eigenvalue weighted by atomic mass is 10.2. The number of methoxy groups -OCH3 is 1. The van der Waals surface area contributed by atoms with Crippen LogP contribution in [0.5, 0.6) is 5.75 Å². The van der Waals surface area contributed by atoms with Gasteiger partial charge in [-0.2, -0.15) is 13.2 Å². The van der Waals surface area contributed by atoms with Gasteiger partial charge < -0.3 is 9.84 Å². The molecule has 98 valence electrons. The molecular weight excluding hydrogens is 267 g/mol. The van der Waals surface area contributed by atoms with Crippen LogP contribution in [-0.2, 0) is 6.42 Å². The minimum Gasteiger partial charge on any atom is -0.497 e. The van der Waals surface area contributed by atoms with Gasteiger partial charge in [0.1, 0.15) is 5.75 Å². The topological polar surface area (TPSA) is 42.4 Å². The van der Waals surface area contributed by atoms with Crippen molar-refractivity contribution in [2.75, 3.05) is 7.11 Å². The highest BCUT2D eigenvalue weighted by Crippen LogP contribution is 2.29. The van der Waals surface area contributed by atoms with Crippen molar-refractivity contribution >= 4 is 21.6 Å². The minimum atomic E-state index is -4.62. The summed E-state index contributed by atoms with van der Waals surface area (Å²) in [6, 6.07) is 5.07. The average Bonchev–Trinajstić information content (AvgIpc) is 2.68. The molecule has 0 spiro atoms. The molecule has 1 aromatic heterocycles. The van der Waals surface area contributed by atoms with E-state index in [0.29, 0.717) is 11.3 Å². The van der Waals surface area contributed by atoms with Gasteiger partial charge in [0.05, 0.1) is 22.3 Å². The van der Waals surface area contributed by atoms with Crippen LogP contribution < -0.4 is 4.74 Å². The molecule has 1 aromatic carbocycles. The summed E-state index contributed by atoms with van der Waals surface area (Å²) in [4.78, 5) is 4.04. The molecule has 0 aliphatic carbocycles. The maximum atomic E-state index is 12.2. The molecule has 1 heterocycles. The first-order valence-electron chi connectivity index (χ1n) is 5.08. The second-order valence-electron chi connectivity index (χ2n) is 3.70. The van der Waals surface area contributed by atoms with E-state index in [9.17, 15) is 13.2 Å². The molecule has 7 heteroatoms. The SMILES string of the molecule is COc1ccc2nc(CC(O)C(F)(F)F)sc2c1. The lowest BCUT2D eigenvalue weighted by Crippen LogP contribution is -2.30. The molecule has 0 aliphatic heterocycles. The molecule has 3 nitrogen and oxygen atoms in total. The zero-order valence-corrected chi connectivity index (χ0v) is 10.2. The Balaban J connectivity index is 2.25. The van der Waals surface area contributed by atoms with Crippen molar-refractivity contribution in [3.05, 3.63) is 23.2 Å². The van der Waals surface area contributed by atoms with Crippen LogP contribution in [0.15, 0.2) is 18.2 Å². The highest BCUT2D eigenvalue weighted by molar-refractivity contribution is 7.18. The molecule has 0 bridgehead atoms. The summed E-state index contributed by atoms with van der Waals surface area (Å²) in [6.45, 7) is 0. The third-order valence-corrected chi connectivity index (χ3v) is 3.43. The molecule has 0 aliphatic rings. The Labute approximate surface area is 105 Å². The van der Waals surface area contributed by atoms with Gasteiger partial charge in [-0.1, -0.05) is 0 Å². The van der Waals surface area contributed by atoms with Gasteiger partial charge in [-0.15, -0.1) is 11.3 Å².